The lowest BCUT2D eigenvalue weighted by Gasteiger charge is -2.21. The highest BCUT2D eigenvalue weighted by Crippen LogP contribution is 2.45. The zero-order chi connectivity index (χ0) is 78.9. The topological polar surface area (TPSA) is 237 Å². The number of carbonyl (C=O) groups excluding carboxylic acids is 4. The van der Waals surface area contributed by atoms with Gasteiger partial charge in [-0.15, -0.1) is 0 Å². The lowest BCUT2D eigenvalue weighted by atomic mass is 10.1. The second-order valence-corrected chi connectivity index (χ2v) is 29.1. The highest BCUT2D eigenvalue weighted by molar-refractivity contribution is 7.47. The third kappa shape index (κ3) is 78.0. The van der Waals surface area contributed by atoms with Gasteiger partial charge in [-0.2, -0.15) is 0 Å². The lowest BCUT2D eigenvalue weighted by molar-refractivity contribution is -0.161. The molecule has 0 spiro atoms. The summed E-state index contributed by atoms with van der Waals surface area (Å²) in [6, 6.07) is 0. The molecule has 5 atom stereocenters. The van der Waals surface area contributed by atoms with Gasteiger partial charge in [0.1, 0.15) is 19.3 Å². The van der Waals surface area contributed by atoms with E-state index in [1.54, 1.807) is 6.08 Å². The fourth-order valence-corrected chi connectivity index (χ4v) is 11.6. The number of aliphatic hydroxyl groups is 1. The Bertz CT molecular complexity index is 2810. The molecule has 610 valence electrons. The minimum Gasteiger partial charge on any atom is -0.462 e. The first kappa shape index (κ1) is 102. The SMILES string of the molecule is CC/C=C\C/C=C\C/C=C\C/C=C\C/C=C\CC(=O)OCC(COP(=O)(O)OCC(O)COP(=O)(O)OCC(COC(=O)CCCCCCCC/C=C\C/C=C\C/C=C\C/C=C\CC)OC(=O)CCCCCCCC/C=C\C/C=C\C/C=C\C/C=C\CC)OC(=O)CCCCCCC/C=C\C/C=C\C/C=C\CC. The standard InChI is InChI=1S/C89H142O17P2/c1-5-9-13-17-21-25-29-33-37-39-41-43-47-50-54-58-62-66-70-74-87(92)100-80-85(106-89(94)76-72-68-64-60-56-52-48-44-42-40-38-34-30-26-22-18-14-10-6-2)82-104-108(97,98)102-78-83(90)77-101-107(95,96)103-81-84(105-88(93)75-71-67-63-59-55-51-46-36-32-28-24-20-16-12-8-4)79-99-86(91)73-69-65-61-57-53-49-45-35-31-27-23-19-15-11-7-3/h9-16,21-28,33-38,41-46,53,57,65,69,83-85,90H,5-8,17-20,29-32,39-40,47-52,54-56,58-64,66-68,70-82H2,1-4H3,(H,95,96)(H,97,98)/b13-9-,14-10-,15-11-,16-12-,25-21-,26-22-,27-23-,28-24-,37-33-,38-34-,43-41-,44-42-,45-35-,46-36-,57-53-,69-65-. The Kier molecular flexibility index (Phi) is 74.5. The molecule has 108 heavy (non-hydrogen) atoms. The summed E-state index contributed by atoms with van der Waals surface area (Å²) in [7, 11) is -10.0. The first-order valence-electron chi connectivity index (χ1n) is 40.7. The van der Waals surface area contributed by atoms with Crippen molar-refractivity contribution in [1.82, 2.24) is 0 Å². The van der Waals surface area contributed by atoms with E-state index in [9.17, 15) is 43.2 Å². The first-order chi connectivity index (χ1) is 52.7. The Morgan fingerprint density at radius 3 is 0.778 bits per heavy atom. The van der Waals surface area contributed by atoms with E-state index in [4.69, 9.17) is 37.0 Å². The van der Waals surface area contributed by atoms with Gasteiger partial charge in [0.2, 0.25) is 0 Å². The summed E-state index contributed by atoms with van der Waals surface area (Å²) in [6.07, 6.45) is 97.2. The van der Waals surface area contributed by atoms with Gasteiger partial charge in [0.25, 0.3) is 0 Å². The molecule has 5 unspecified atom stereocenters. The van der Waals surface area contributed by atoms with Gasteiger partial charge in [-0.3, -0.25) is 37.3 Å². The van der Waals surface area contributed by atoms with Crippen molar-refractivity contribution in [3.63, 3.8) is 0 Å². The van der Waals surface area contributed by atoms with E-state index in [0.717, 1.165) is 205 Å². The van der Waals surface area contributed by atoms with E-state index >= 15 is 0 Å². The molecule has 0 amide bonds. The molecule has 19 heteroatoms. The molecule has 0 saturated heterocycles. The molecule has 17 nitrogen and oxygen atoms in total. The van der Waals surface area contributed by atoms with Gasteiger partial charge in [-0.1, -0.05) is 293 Å². The predicted molar refractivity (Wildman–Crippen MR) is 445 cm³/mol. The normalized spacial score (nSPS) is 14.8. The van der Waals surface area contributed by atoms with Gasteiger partial charge in [0, 0.05) is 19.3 Å². The van der Waals surface area contributed by atoms with E-state index < -0.39 is 97.5 Å². The van der Waals surface area contributed by atoms with Crippen LogP contribution in [-0.4, -0.2) is 96.7 Å². The number of allylic oxidation sites excluding steroid dienone is 31. The highest BCUT2D eigenvalue weighted by Gasteiger charge is 2.30. The number of rotatable bonds is 74. The third-order valence-corrected chi connectivity index (χ3v) is 18.0. The fourth-order valence-electron chi connectivity index (χ4n) is 10.1. The minimum absolute atomic E-state index is 0.0484. The molecule has 0 aliphatic heterocycles. The second-order valence-electron chi connectivity index (χ2n) is 26.2. The van der Waals surface area contributed by atoms with Crippen molar-refractivity contribution in [1.29, 1.82) is 0 Å². The van der Waals surface area contributed by atoms with Crippen molar-refractivity contribution in [2.24, 2.45) is 0 Å². The zero-order valence-electron chi connectivity index (χ0n) is 66.7. The molecule has 0 aromatic carbocycles. The predicted octanol–water partition coefficient (Wildman–Crippen LogP) is 24.1. The summed E-state index contributed by atoms with van der Waals surface area (Å²) >= 11 is 0. The van der Waals surface area contributed by atoms with Crippen molar-refractivity contribution in [2.45, 2.75) is 303 Å². The molecule has 0 saturated carbocycles. The number of hydrogen-bond acceptors (Lipinski definition) is 15. The molecule has 0 aromatic heterocycles. The van der Waals surface area contributed by atoms with Crippen LogP contribution in [0.5, 0.6) is 0 Å². The van der Waals surface area contributed by atoms with E-state index in [2.05, 4.69) is 198 Å². The quantitative estimate of drug-likeness (QED) is 0.0169. The van der Waals surface area contributed by atoms with Crippen LogP contribution in [0.4, 0.5) is 0 Å². The van der Waals surface area contributed by atoms with Gasteiger partial charge < -0.3 is 33.8 Å². The Labute approximate surface area is 653 Å². The summed E-state index contributed by atoms with van der Waals surface area (Å²) in [5.41, 5.74) is 0. The summed E-state index contributed by atoms with van der Waals surface area (Å²) in [4.78, 5) is 73.1. The monoisotopic (exact) mass is 1540 g/mol. The van der Waals surface area contributed by atoms with Crippen molar-refractivity contribution < 1.29 is 80.2 Å². The largest absolute Gasteiger partial charge is 0.472 e. The van der Waals surface area contributed by atoms with Crippen LogP contribution in [0, 0.1) is 0 Å². The fraction of sp³-hybridized carbons (Fsp3) is 0.596. The van der Waals surface area contributed by atoms with Crippen molar-refractivity contribution in [3.05, 3.63) is 194 Å². The average Bonchev–Trinajstić information content (AvgIpc) is 0.899. The van der Waals surface area contributed by atoms with Crippen LogP contribution >= 0.6 is 15.6 Å². The number of hydrogen-bond donors (Lipinski definition) is 3. The van der Waals surface area contributed by atoms with Gasteiger partial charge in [0.15, 0.2) is 12.2 Å². The lowest BCUT2D eigenvalue weighted by Crippen LogP contribution is -2.30. The van der Waals surface area contributed by atoms with E-state index in [0.29, 0.717) is 25.7 Å². The molecule has 0 radical (unpaired) electrons. The first-order valence-corrected chi connectivity index (χ1v) is 43.7. The Morgan fingerprint density at radius 2 is 0.491 bits per heavy atom. The smallest absolute Gasteiger partial charge is 0.462 e. The Morgan fingerprint density at radius 1 is 0.269 bits per heavy atom. The third-order valence-electron chi connectivity index (χ3n) is 16.1. The van der Waals surface area contributed by atoms with Gasteiger partial charge in [-0.05, 0) is 161 Å². The molecule has 0 heterocycles. The van der Waals surface area contributed by atoms with E-state index in [1.165, 1.54) is 0 Å². The Balaban J connectivity index is 5.49. The number of aliphatic hydroxyl groups excluding tert-OH is 1. The van der Waals surface area contributed by atoms with Crippen LogP contribution in [-0.2, 0) is 65.4 Å². The second kappa shape index (κ2) is 79.0. The van der Waals surface area contributed by atoms with Crippen LogP contribution < -0.4 is 0 Å². The highest BCUT2D eigenvalue weighted by atomic mass is 31.2. The van der Waals surface area contributed by atoms with Gasteiger partial charge in [-0.25, -0.2) is 9.13 Å². The van der Waals surface area contributed by atoms with Crippen molar-refractivity contribution in [3.8, 4) is 0 Å². The molecule has 3 N–H and O–H groups in total. The van der Waals surface area contributed by atoms with Gasteiger partial charge >= 0.3 is 39.5 Å². The number of phosphoric acid groups is 2. The average molecular weight is 1550 g/mol. The minimum atomic E-state index is -5.01. The number of phosphoric ester groups is 2. The molecule has 0 aliphatic carbocycles. The maximum absolute atomic E-state index is 13.1. The summed E-state index contributed by atoms with van der Waals surface area (Å²) < 4.78 is 68.5. The van der Waals surface area contributed by atoms with Crippen molar-refractivity contribution in [2.75, 3.05) is 39.6 Å². The van der Waals surface area contributed by atoms with Crippen LogP contribution in [0.2, 0.25) is 0 Å². The summed E-state index contributed by atoms with van der Waals surface area (Å²) in [5, 5.41) is 10.7. The summed E-state index contributed by atoms with van der Waals surface area (Å²) in [6.45, 7) is 4.24. The molecular formula is C89H142O17P2. The number of carbonyl (C=O) groups is 4. The molecule has 0 aromatic rings. The maximum Gasteiger partial charge on any atom is 0.472 e. The molecule has 0 aliphatic rings. The maximum atomic E-state index is 13.1. The van der Waals surface area contributed by atoms with E-state index in [-0.39, 0.29) is 25.7 Å². The van der Waals surface area contributed by atoms with Crippen LogP contribution in [0.25, 0.3) is 0 Å². The Hall–Kier alpha value is -6.10. The van der Waals surface area contributed by atoms with Crippen molar-refractivity contribution >= 4 is 39.5 Å². The number of unbranched alkanes of at least 4 members (excludes halogenated alkanes) is 17. The van der Waals surface area contributed by atoms with E-state index in [1.807, 2.05) is 18.2 Å². The van der Waals surface area contributed by atoms with Gasteiger partial charge in [0.05, 0.1) is 32.8 Å². The molecule has 0 fully saturated rings. The number of esters is 4. The molecular weight excluding hydrogens is 1400 g/mol. The van der Waals surface area contributed by atoms with Crippen LogP contribution in [0.3, 0.4) is 0 Å². The number of ether oxygens (including phenoxy) is 4. The van der Waals surface area contributed by atoms with Crippen LogP contribution in [0.15, 0.2) is 194 Å². The molecule has 0 bridgehead atoms. The zero-order valence-corrected chi connectivity index (χ0v) is 68.5. The molecule has 0 rings (SSSR count). The van der Waals surface area contributed by atoms with Crippen LogP contribution in [0.1, 0.15) is 285 Å². The summed E-state index contributed by atoms with van der Waals surface area (Å²) in [5.74, 6) is -2.39.